The minimum absolute atomic E-state index is 0.158. The molecule has 1 aromatic carbocycles. The molecule has 0 aliphatic rings. The summed E-state index contributed by atoms with van der Waals surface area (Å²) in [6.45, 7) is 2.17. The Labute approximate surface area is 159 Å². The summed E-state index contributed by atoms with van der Waals surface area (Å²) < 4.78 is 3.18. The van der Waals surface area contributed by atoms with Gasteiger partial charge in [-0.2, -0.15) is 10.2 Å². The number of carbonyl (C=O) groups is 1. The third-order valence-corrected chi connectivity index (χ3v) is 4.90. The fourth-order valence-electron chi connectivity index (χ4n) is 2.26. The summed E-state index contributed by atoms with van der Waals surface area (Å²) in [4.78, 5) is 12.3. The highest BCUT2D eigenvalue weighted by atomic mass is 35.5. The molecule has 0 saturated carbocycles. The van der Waals surface area contributed by atoms with Gasteiger partial charge in [0.1, 0.15) is 0 Å². The SMILES string of the molecule is Cc1c(Cl)c(C(=O)Nc2ccn(Cc3c(Cl)cccc3Cl)n2)nn1C. The average molecular weight is 399 g/mol. The minimum Gasteiger partial charge on any atom is -0.304 e. The van der Waals surface area contributed by atoms with Gasteiger partial charge in [-0.25, -0.2) is 0 Å². The first-order valence-electron chi connectivity index (χ1n) is 7.33. The number of nitrogens with zero attached hydrogens (tertiary/aromatic N) is 4. The van der Waals surface area contributed by atoms with Gasteiger partial charge in [-0.05, 0) is 19.1 Å². The van der Waals surface area contributed by atoms with Crippen LogP contribution >= 0.6 is 34.8 Å². The molecule has 25 heavy (non-hydrogen) atoms. The van der Waals surface area contributed by atoms with Crippen LogP contribution in [0.4, 0.5) is 5.82 Å². The first kappa shape index (κ1) is 17.8. The Morgan fingerprint density at radius 1 is 1.16 bits per heavy atom. The fraction of sp³-hybridized carbons (Fsp3) is 0.188. The maximum atomic E-state index is 12.3. The third kappa shape index (κ3) is 3.66. The zero-order valence-electron chi connectivity index (χ0n) is 13.4. The quantitative estimate of drug-likeness (QED) is 0.717. The van der Waals surface area contributed by atoms with E-state index < -0.39 is 5.91 Å². The van der Waals surface area contributed by atoms with Gasteiger partial charge in [0.05, 0.1) is 17.3 Å². The molecule has 0 atom stereocenters. The molecule has 1 amide bonds. The number of halogens is 3. The minimum atomic E-state index is -0.422. The second kappa shape index (κ2) is 7.07. The van der Waals surface area contributed by atoms with Gasteiger partial charge >= 0.3 is 0 Å². The molecule has 0 aliphatic carbocycles. The molecule has 0 aliphatic heterocycles. The highest BCUT2D eigenvalue weighted by Gasteiger charge is 2.19. The smallest absolute Gasteiger partial charge is 0.278 e. The molecule has 0 saturated heterocycles. The summed E-state index contributed by atoms with van der Waals surface area (Å²) in [6.07, 6.45) is 1.72. The summed E-state index contributed by atoms with van der Waals surface area (Å²) in [5.41, 5.74) is 1.63. The lowest BCUT2D eigenvalue weighted by atomic mass is 10.2. The van der Waals surface area contributed by atoms with Crippen LogP contribution in [0.15, 0.2) is 30.5 Å². The Hall–Kier alpha value is -2.02. The molecule has 0 radical (unpaired) electrons. The predicted octanol–water partition coefficient (Wildman–Crippen LogP) is 4.19. The number of benzene rings is 1. The number of anilines is 1. The molecule has 3 rings (SSSR count). The number of rotatable bonds is 4. The van der Waals surface area contributed by atoms with E-state index in [0.717, 1.165) is 5.56 Å². The van der Waals surface area contributed by atoms with E-state index in [2.05, 4.69) is 15.5 Å². The number of hydrogen-bond donors (Lipinski definition) is 1. The van der Waals surface area contributed by atoms with Crippen LogP contribution in [0, 0.1) is 6.92 Å². The van der Waals surface area contributed by atoms with Crippen molar-refractivity contribution in [2.75, 3.05) is 5.32 Å². The number of hydrogen-bond acceptors (Lipinski definition) is 3. The van der Waals surface area contributed by atoms with Crippen molar-refractivity contribution in [2.24, 2.45) is 7.05 Å². The first-order valence-corrected chi connectivity index (χ1v) is 8.47. The van der Waals surface area contributed by atoms with Gasteiger partial charge in [0, 0.05) is 34.9 Å². The highest BCUT2D eigenvalue weighted by Crippen LogP contribution is 2.25. The molecule has 2 heterocycles. The summed E-state index contributed by atoms with van der Waals surface area (Å²) in [5.74, 6) is -0.0396. The molecule has 2 aromatic heterocycles. The lowest BCUT2D eigenvalue weighted by Gasteiger charge is -2.07. The number of aryl methyl sites for hydroxylation is 1. The largest absolute Gasteiger partial charge is 0.304 e. The molecular formula is C16H14Cl3N5O. The normalized spacial score (nSPS) is 10.9. The second-order valence-electron chi connectivity index (χ2n) is 5.42. The maximum Gasteiger partial charge on any atom is 0.278 e. The van der Waals surface area contributed by atoms with Crippen LogP contribution in [0.25, 0.3) is 0 Å². The number of nitrogens with one attached hydrogen (secondary N) is 1. The molecule has 6 nitrogen and oxygen atoms in total. The van der Waals surface area contributed by atoms with Crippen molar-refractivity contribution in [3.8, 4) is 0 Å². The van der Waals surface area contributed by atoms with Gasteiger partial charge in [0.25, 0.3) is 5.91 Å². The summed E-state index contributed by atoms with van der Waals surface area (Å²) in [7, 11) is 1.72. The lowest BCUT2D eigenvalue weighted by Crippen LogP contribution is -2.14. The molecule has 0 bridgehead atoms. The Bertz CT molecular complexity index is 927. The topological polar surface area (TPSA) is 64.7 Å². The van der Waals surface area contributed by atoms with E-state index in [1.807, 2.05) is 0 Å². The number of aromatic nitrogens is 4. The van der Waals surface area contributed by atoms with Crippen molar-refractivity contribution in [2.45, 2.75) is 13.5 Å². The second-order valence-corrected chi connectivity index (χ2v) is 6.62. The monoisotopic (exact) mass is 397 g/mol. The highest BCUT2D eigenvalue weighted by molar-refractivity contribution is 6.36. The zero-order valence-corrected chi connectivity index (χ0v) is 15.7. The standard InChI is InChI=1S/C16H14Cl3N5O/c1-9-14(19)15(22-23(9)2)16(25)20-13-6-7-24(21-13)8-10-11(17)4-3-5-12(10)18/h3-7H,8H2,1-2H3,(H,20,21,25). The Kier molecular flexibility index (Phi) is 5.03. The van der Waals surface area contributed by atoms with Gasteiger partial charge in [-0.3, -0.25) is 14.2 Å². The van der Waals surface area contributed by atoms with Crippen molar-refractivity contribution in [1.29, 1.82) is 0 Å². The van der Waals surface area contributed by atoms with Crippen molar-refractivity contribution >= 4 is 46.5 Å². The predicted molar refractivity (Wildman–Crippen MR) is 98.7 cm³/mol. The van der Waals surface area contributed by atoms with E-state index in [1.54, 1.807) is 53.8 Å². The van der Waals surface area contributed by atoms with E-state index in [4.69, 9.17) is 34.8 Å². The fourth-order valence-corrected chi connectivity index (χ4v) is 3.03. The number of carbonyl (C=O) groups excluding carboxylic acids is 1. The third-order valence-electron chi connectivity index (χ3n) is 3.74. The van der Waals surface area contributed by atoms with Crippen molar-refractivity contribution in [1.82, 2.24) is 19.6 Å². The Balaban J connectivity index is 1.75. The van der Waals surface area contributed by atoms with E-state index in [9.17, 15) is 4.79 Å². The zero-order chi connectivity index (χ0) is 18.1. The van der Waals surface area contributed by atoms with Crippen LogP contribution in [-0.2, 0) is 13.6 Å². The van der Waals surface area contributed by atoms with Gasteiger partial charge < -0.3 is 5.32 Å². The van der Waals surface area contributed by atoms with Crippen LogP contribution in [0.5, 0.6) is 0 Å². The Morgan fingerprint density at radius 3 is 2.44 bits per heavy atom. The summed E-state index contributed by atoms with van der Waals surface area (Å²) in [6, 6.07) is 6.98. The van der Waals surface area contributed by atoms with Crippen LogP contribution in [0.3, 0.4) is 0 Å². The Morgan fingerprint density at radius 2 is 1.84 bits per heavy atom. The number of amides is 1. The van der Waals surface area contributed by atoms with Crippen molar-refractivity contribution in [3.63, 3.8) is 0 Å². The molecule has 0 fully saturated rings. The average Bonchev–Trinajstić information content (AvgIpc) is 3.11. The summed E-state index contributed by atoms with van der Waals surface area (Å²) >= 11 is 18.5. The van der Waals surface area contributed by atoms with Crippen LogP contribution in [0.2, 0.25) is 15.1 Å². The van der Waals surface area contributed by atoms with E-state index in [0.29, 0.717) is 33.1 Å². The van der Waals surface area contributed by atoms with Gasteiger partial charge in [-0.15, -0.1) is 0 Å². The van der Waals surface area contributed by atoms with Gasteiger partial charge in [0.15, 0.2) is 11.5 Å². The van der Waals surface area contributed by atoms with E-state index in [-0.39, 0.29) is 5.69 Å². The molecule has 130 valence electrons. The van der Waals surface area contributed by atoms with Crippen molar-refractivity contribution in [3.05, 3.63) is 62.5 Å². The van der Waals surface area contributed by atoms with Crippen molar-refractivity contribution < 1.29 is 4.79 Å². The van der Waals surface area contributed by atoms with Gasteiger partial charge in [-0.1, -0.05) is 40.9 Å². The maximum absolute atomic E-state index is 12.3. The van der Waals surface area contributed by atoms with Crippen LogP contribution in [-0.4, -0.2) is 25.5 Å². The van der Waals surface area contributed by atoms with Crippen LogP contribution in [0.1, 0.15) is 21.7 Å². The first-order chi connectivity index (χ1) is 11.9. The molecule has 0 unspecified atom stereocenters. The molecule has 0 spiro atoms. The molecule has 9 heteroatoms. The molecular weight excluding hydrogens is 385 g/mol. The van der Waals surface area contributed by atoms with Gasteiger partial charge in [0.2, 0.25) is 0 Å². The van der Waals surface area contributed by atoms with Crippen LogP contribution < -0.4 is 5.32 Å². The lowest BCUT2D eigenvalue weighted by molar-refractivity contribution is 0.102. The molecule has 3 aromatic rings. The van der Waals surface area contributed by atoms with E-state index >= 15 is 0 Å². The van der Waals surface area contributed by atoms with E-state index in [1.165, 1.54) is 0 Å². The summed E-state index contributed by atoms with van der Waals surface area (Å²) in [5, 5.41) is 12.5. The molecule has 1 N–H and O–H groups in total.